The minimum absolute atomic E-state index is 0.761. The molecule has 82 valence electrons. The summed E-state index contributed by atoms with van der Waals surface area (Å²) in [6, 6.07) is 4.08. The van der Waals surface area contributed by atoms with E-state index in [1.165, 1.54) is 11.9 Å². The number of nitrogens with zero attached hydrogens (tertiary/aromatic N) is 1. The number of rotatable bonds is 4. The summed E-state index contributed by atoms with van der Waals surface area (Å²) >= 11 is 6.89. The standard InChI is InChI=1S/C10H12Br2N2O/c1-2-3-7-4-8(11)10(9(12)5-7)13-6-14-15/h4-6,15H,2-3H2,1H3,(H,13,14). The van der Waals surface area contributed by atoms with Crippen molar-refractivity contribution in [2.75, 3.05) is 0 Å². The van der Waals surface area contributed by atoms with Crippen LogP contribution in [0.15, 0.2) is 26.1 Å². The van der Waals surface area contributed by atoms with E-state index in [2.05, 4.69) is 43.8 Å². The third-order valence-corrected chi connectivity index (χ3v) is 3.08. The number of hydroxylamine groups is 1. The molecule has 1 aromatic carbocycles. The van der Waals surface area contributed by atoms with Crippen LogP contribution in [0.2, 0.25) is 0 Å². The Kier molecular flexibility index (Phi) is 5.28. The van der Waals surface area contributed by atoms with E-state index in [4.69, 9.17) is 5.21 Å². The van der Waals surface area contributed by atoms with Crippen LogP contribution >= 0.6 is 31.9 Å². The van der Waals surface area contributed by atoms with Crippen LogP contribution in [0.5, 0.6) is 0 Å². The molecule has 3 nitrogen and oxygen atoms in total. The predicted molar refractivity (Wildman–Crippen MR) is 68.9 cm³/mol. The highest BCUT2D eigenvalue weighted by Crippen LogP contribution is 2.34. The van der Waals surface area contributed by atoms with Crippen LogP contribution in [-0.2, 0) is 6.42 Å². The second kappa shape index (κ2) is 6.25. The normalized spacial score (nSPS) is 10.9. The molecule has 0 aliphatic heterocycles. The second-order valence-corrected chi connectivity index (χ2v) is 4.75. The molecule has 0 radical (unpaired) electrons. The fourth-order valence-electron chi connectivity index (χ4n) is 1.27. The molecule has 1 aromatic rings. The summed E-state index contributed by atoms with van der Waals surface area (Å²) in [6.07, 6.45) is 3.38. The van der Waals surface area contributed by atoms with Crippen molar-refractivity contribution in [3.8, 4) is 0 Å². The van der Waals surface area contributed by atoms with Crippen LogP contribution < -0.4 is 5.48 Å². The van der Waals surface area contributed by atoms with E-state index in [0.29, 0.717) is 0 Å². The minimum Gasteiger partial charge on any atom is -0.290 e. The Morgan fingerprint density at radius 2 is 2.00 bits per heavy atom. The maximum absolute atomic E-state index is 8.42. The van der Waals surface area contributed by atoms with Crippen molar-refractivity contribution in [1.29, 1.82) is 0 Å². The zero-order valence-electron chi connectivity index (χ0n) is 8.30. The lowest BCUT2D eigenvalue weighted by Gasteiger charge is -2.05. The topological polar surface area (TPSA) is 44.6 Å². The van der Waals surface area contributed by atoms with Gasteiger partial charge in [-0.1, -0.05) is 13.3 Å². The van der Waals surface area contributed by atoms with Crippen LogP contribution in [0.4, 0.5) is 5.69 Å². The van der Waals surface area contributed by atoms with Gasteiger partial charge in [-0.15, -0.1) is 0 Å². The largest absolute Gasteiger partial charge is 0.290 e. The van der Waals surface area contributed by atoms with Crippen molar-refractivity contribution in [1.82, 2.24) is 5.48 Å². The lowest BCUT2D eigenvalue weighted by atomic mass is 10.1. The molecule has 0 amide bonds. The van der Waals surface area contributed by atoms with Gasteiger partial charge in [0.2, 0.25) is 0 Å². The van der Waals surface area contributed by atoms with Gasteiger partial charge in [0.25, 0.3) is 0 Å². The Labute approximate surface area is 106 Å². The number of benzene rings is 1. The molecule has 2 N–H and O–H groups in total. The lowest BCUT2D eigenvalue weighted by molar-refractivity contribution is 0.240. The third-order valence-electron chi connectivity index (χ3n) is 1.87. The number of hydrogen-bond acceptors (Lipinski definition) is 2. The summed E-state index contributed by atoms with van der Waals surface area (Å²) in [5, 5.41) is 8.42. The molecular formula is C10H12Br2N2O. The van der Waals surface area contributed by atoms with Gasteiger partial charge in [-0.3, -0.25) is 10.7 Å². The van der Waals surface area contributed by atoms with E-state index in [-0.39, 0.29) is 0 Å². The fraction of sp³-hybridized carbons (Fsp3) is 0.300. The molecule has 0 unspecified atom stereocenters. The van der Waals surface area contributed by atoms with Crippen molar-refractivity contribution in [3.05, 3.63) is 26.6 Å². The van der Waals surface area contributed by atoms with Crippen LogP contribution in [0.3, 0.4) is 0 Å². The molecule has 0 aromatic heterocycles. The van der Waals surface area contributed by atoms with Crippen molar-refractivity contribution >= 4 is 43.9 Å². The first-order valence-electron chi connectivity index (χ1n) is 4.59. The Morgan fingerprint density at radius 3 is 2.47 bits per heavy atom. The average Bonchev–Trinajstić information content (AvgIpc) is 2.17. The van der Waals surface area contributed by atoms with E-state index in [9.17, 15) is 0 Å². The summed E-state index contributed by atoms with van der Waals surface area (Å²) < 4.78 is 1.82. The summed E-state index contributed by atoms with van der Waals surface area (Å²) in [4.78, 5) is 4.05. The summed E-state index contributed by atoms with van der Waals surface area (Å²) in [7, 11) is 0. The average molecular weight is 336 g/mol. The minimum atomic E-state index is 0.761. The highest BCUT2D eigenvalue weighted by Gasteiger charge is 2.05. The molecule has 0 heterocycles. The van der Waals surface area contributed by atoms with Crippen LogP contribution in [-0.4, -0.2) is 11.5 Å². The molecule has 0 bridgehead atoms. The van der Waals surface area contributed by atoms with Crippen molar-refractivity contribution in [3.63, 3.8) is 0 Å². The third kappa shape index (κ3) is 3.59. The van der Waals surface area contributed by atoms with Gasteiger partial charge in [0.05, 0.1) is 5.69 Å². The first-order valence-corrected chi connectivity index (χ1v) is 6.17. The van der Waals surface area contributed by atoms with E-state index in [1.54, 1.807) is 0 Å². The van der Waals surface area contributed by atoms with E-state index in [0.717, 1.165) is 27.5 Å². The van der Waals surface area contributed by atoms with Gasteiger partial charge in [0, 0.05) is 8.95 Å². The lowest BCUT2D eigenvalue weighted by Crippen LogP contribution is -2.01. The molecule has 0 saturated heterocycles. The maximum atomic E-state index is 8.42. The zero-order chi connectivity index (χ0) is 11.3. The number of aliphatic imine (C=N–C) groups is 1. The van der Waals surface area contributed by atoms with Crippen LogP contribution in [0.1, 0.15) is 18.9 Å². The summed E-state index contributed by atoms with van der Waals surface area (Å²) in [5.41, 5.74) is 3.89. The SMILES string of the molecule is CCCc1cc(Br)c(N=CNO)c(Br)c1. The van der Waals surface area contributed by atoms with Crippen molar-refractivity contribution in [2.24, 2.45) is 4.99 Å². The van der Waals surface area contributed by atoms with E-state index < -0.39 is 0 Å². The summed E-state index contributed by atoms with van der Waals surface area (Å²) in [6.45, 7) is 2.14. The highest BCUT2D eigenvalue weighted by molar-refractivity contribution is 9.11. The fourth-order valence-corrected chi connectivity index (χ4v) is 2.75. The van der Waals surface area contributed by atoms with Crippen LogP contribution in [0, 0.1) is 0 Å². The molecule has 1 rings (SSSR count). The molecule has 0 atom stereocenters. The monoisotopic (exact) mass is 334 g/mol. The maximum Gasteiger partial charge on any atom is 0.113 e. The molecule has 0 saturated carbocycles. The summed E-state index contributed by atoms with van der Waals surface area (Å²) in [5.74, 6) is 0. The van der Waals surface area contributed by atoms with Gasteiger partial charge in [0.1, 0.15) is 6.34 Å². The molecular weight excluding hydrogens is 324 g/mol. The van der Waals surface area contributed by atoms with Gasteiger partial charge in [0.15, 0.2) is 0 Å². The molecule has 5 heteroatoms. The highest BCUT2D eigenvalue weighted by atomic mass is 79.9. The number of aryl methyl sites for hydroxylation is 1. The van der Waals surface area contributed by atoms with Gasteiger partial charge in [-0.05, 0) is 56.0 Å². The Hall–Kier alpha value is -0.390. The zero-order valence-corrected chi connectivity index (χ0v) is 11.5. The second-order valence-electron chi connectivity index (χ2n) is 3.05. The molecule has 0 spiro atoms. The van der Waals surface area contributed by atoms with E-state index >= 15 is 0 Å². The Morgan fingerprint density at radius 1 is 1.40 bits per heavy atom. The van der Waals surface area contributed by atoms with Crippen LogP contribution in [0.25, 0.3) is 0 Å². The van der Waals surface area contributed by atoms with E-state index in [1.807, 2.05) is 17.6 Å². The van der Waals surface area contributed by atoms with Gasteiger partial charge >= 0.3 is 0 Å². The molecule has 15 heavy (non-hydrogen) atoms. The number of nitrogens with one attached hydrogen (secondary N) is 1. The van der Waals surface area contributed by atoms with Gasteiger partial charge in [-0.25, -0.2) is 4.99 Å². The number of halogens is 2. The van der Waals surface area contributed by atoms with Gasteiger partial charge < -0.3 is 0 Å². The quantitative estimate of drug-likeness (QED) is 0.499. The first kappa shape index (κ1) is 12.7. The molecule has 0 fully saturated rings. The van der Waals surface area contributed by atoms with Crippen molar-refractivity contribution in [2.45, 2.75) is 19.8 Å². The Bertz CT molecular complexity index is 343. The number of hydrogen-bond donors (Lipinski definition) is 2. The molecule has 0 aliphatic rings. The predicted octanol–water partition coefficient (Wildman–Crippen LogP) is 3.80. The van der Waals surface area contributed by atoms with Gasteiger partial charge in [-0.2, -0.15) is 0 Å². The first-order chi connectivity index (χ1) is 7.19. The smallest absolute Gasteiger partial charge is 0.113 e. The van der Waals surface area contributed by atoms with Crippen molar-refractivity contribution < 1.29 is 5.21 Å². The molecule has 0 aliphatic carbocycles. The Balaban J connectivity index is 3.04.